The van der Waals surface area contributed by atoms with Crippen LogP contribution in [0.3, 0.4) is 0 Å². The normalized spacial score (nSPS) is 21.3. The number of alkyl halides is 3. The van der Waals surface area contributed by atoms with Crippen LogP contribution >= 0.6 is 0 Å². The summed E-state index contributed by atoms with van der Waals surface area (Å²) in [5.74, 6) is -1.62. The largest absolute Gasteiger partial charge is 0.416 e. The molecular weight excluding hydrogens is 613 g/mol. The second-order valence-corrected chi connectivity index (χ2v) is 13.5. The van der Waals surface area contributed by atoms with Gasteiger partial charge in [0.05, 0.1) is 65.4 Å². The Labute approximate surface area is 259 Å². The van der Waals surface area contributed by atoms with E-state index < -0.39 is 40.0 Å². The molecular formula is C31H35F3N4O6S. The van der Waals surface area contributed by atoms with Crippen molar-refractivity contribution in [2.45, 2.75) is 54.8 Å². The molecule has 2 fully saturated rings. The molecule has 10 nitrogen and oxygen atoms in total. The van der Waals surface area contributed by atoms with Gasteiger partial charge in [0.2, 0.25) is 5.95 Å². The Morgan fingerprint density at radius 1 is 1.18 bits per heavy atom. The zero-order valence-electron chi connectivity index (χ0n) is 24.6. The minimum Gasteiger partial charge on any atom is -0.395 e. The third-order valence-electron chi connectivity index (χ3n) is 8.40. The fourth-order valence-electron chi connectivity index (χ4n) is 5.80. The smallest absolute Gasteiger partial charge is 0.395 e. The summed E-state index contributed by atoms with van der Waals surface area (Å²) in [5.41, 5.74) is 6.35. The van der Waals surface area contributed by atoms with Crippen LogP contribution in [0.4, 0.5) is 19.1 Å². The number of hydrogen-bond acceptors (Lipinski definition) is 9. The van der Waals surface area contributed by atoms with Crippen LogP contribution in [0.25, 0.3) is 0 Å². The molecule has 2 aliphatic rings. The van der Waals surface area contributed by atoms with Crippen molar-refractivity contribution < 1.29 is 41.0 Å². The van der Waals surface area contributed by atoms with Crippen molar-refractivity contribution in [3.8, 4) is 0 Å². The molecule has 2 unspecified atom stereocenters. The van der Waals surface area contributed by atoms with E-state index in [4.69, 9.17) is 20.2 Å². The first-order chi connectivity index (χ1) is 21.4. The minimum atomic E-state index is -4.44. The fraction of sp³-hybridized carbons (Fsp3) is 0.452. The molecule has 1 aromatic heterocycles. The summed E-state index contributed by atoms with van der Waals surface area (Å²) in [7, 11) is -3.45. The van der Waals surface area contributed by atoms with Crippen LogP contribution in [-0.2, 0) is 25.5 Å². The van der Waals surface area contributed by atoms with E-state index in [1.807, 2.05) is 4.90 Å². The molecule has 45 heavy (non-hydrogen) atoms. The highest BCUT2D eigenvalue weighted by atomic mass is 32.2. The number of primary amides is 1. The third kappa shape index (κ3) is 7.29. The molecule has 0 aliphatic carbocycles. The summed E-state index contributed by atoms with van der Waals surface area (Å²) in [6, 6.07) is 10.8. The van der Waals surface area contributed by atoms with E-state index in [-0.39, 0.29) is 52.5 Å². The molecule has 3 aromatic rings. The second-order valence-electron chi connectivity index (χ2n) is 11.2. The average Bonchev–Trinajstić information content (AvgIpc) is 3.71. The molecule has 242 valence electrons. The Bertz CT molecular complexity index is 1600. The Balaban J connectivity index is 1.48. The van der Waals surface area contributed by atoms with Gasteiger partial charge in [-0.05, 0) is 48.2 Å². The number of hydrogen-bond donors (Lipinski definition) is 2. The van der Waals surface area contributed by atoms with E-state index in [0.717, 1.165) is 24.1 Å². The van der Waals surface area contributed by atoms with Crippen LogP contribution < -0.4 is 10.6 Å². The Kier molecular flexibility index (Phi) is 9.77. The quantitative estimate of drug-likeness (QED) is 0.318. The van der Waals surface area contributed by atoms with E-state index in [0.29, 0.717) is 31.7 Å². The lowest BCUT2D eigenvalue weighted by Gasteiger charge is -2.27. The Hall–Kier alpha value is -3.59. The SMILES string of the molecule is CCS(=O)(=O)c1ccc(C(CO)c2nc(N3CC(c4ccc(C(F)(F)F)cc4)C[C@H]3CO[C@H]3CCOC3)ncc2C(N)=O)cc1. The third-order valence-corrected chi connectivity index (χ3v) is 10.1. The maximum Gasteiger partial charge on any atom is 0.416 e. The first kappa shape index (κ1) is 32.8. The van der Waals surface area contributed by atoms with Gasteiger partial charge in [0.25, 0.3) is 5.91 Å². The highest BCUT2D eigenvalue weighted by Crippen LogP contribution is 2.37. The highest BCUT2D eigenvalue weighted by molar-refractivity contribution is 7.91. The molecule has 3 N–H and O–H groups in total. The van der Waals surface area contributed by atoms with E-state index in [9.17, 15) is 31.5 Å². The van der Waals surface area contributed by atoms with Gasteiger partial charge in [0.1, 0.15) is 0 Å². The van der Waals surface area contributed by atoms with Gasteiger partial charge in [-0.3, -0.25) is 4.79 Å². The number of benzene rings is 2. The molecule has 5 rings (SSSR count). The zero-order valence-corrected chi connectivity index (χ0v) is 25.4. The number of aliphatic hydroxyl groups excluding tert-OH is 1. The maximum atomic E-state index is 13.2. The number of aromatic nitrogens is 2. The van der Waals surface area contributed by atoms with Gasteiger partial charge >= 0.3 is 6.18 Å². The number of nitrogens with zero attached hydrogens (tertiary/aromatic N) is 3. The van der Waals surface area contributed by atoms with Crippen molar-refractivity contribution in [1.29, 1.82) is 0 Å². The van der Waals surface area contributed by atoms with Crippen molar-refractivity contribution in [3.05, 3.63) is 82.7 Å². The molecule has 0 bridgehead atoms. The number of amides is 1. The number of sulfone groups is 1. The molecule has 2 aliphatic heterocycles. The Morgan fingerprint density at radius 3 is 2.47 bits per heavy atom. The predicted octanol–water partition coefficient (Wildman–Crippen LogP) is 3.68. The number of ether oxygens (including phenoxy) is 2. The number of halogens is 3. The number of carbonyl (C=O) groups excluding carboxylic acids is 1. The number of carbonyl (C=O) groups is 1. The number of nitrogens with two attached hydrogens (primary N) is 1. The molecule has 1 amide bonds. The summed E-state index contributed by atoms with van der Waals surface area (Å²) in [6.07, 6.45) is -1.93. The van der Waals surface area contributed by atoms with Gasteiger partial charge in [0.15, 0.2) is 9.84 Å². The monoisotopic (exact) mass is 648 g/mol. The van der Waals surface area contributed by atoms with E-state index in [2.05, 4.69) is 4.98 Å². The van der Waals surface area contributed by atoms with Gasteiger partial charge in [0, 0.05) is 25.3 Å². The van der Waals surface area contributed by atoms with Crippen molar-refractivity contribution in [2.24, 2.45) is 5.73 Å². The summed E-state index contributed by atoms with van der Waals surface area (Å²) in [5, 5.41) is 10.4. The zero-order chi connectivity index (χ0) is 32.4. The lowest BCUT2D eigenvalue weighted by molar-refractivity contribution is -0.137. The van der Waals surface area contributed by atoms with Gasteiger partial charge in [-0.1, -0.05) is 31.2 Å². The van der Waals surface area contributed by atoms with Gasteiger partial charge < -0.3 is 25.2 Å². The van der Waals surface area contributed by atoms with Crippen LogP contribution in [0.1, 0.15) is 64.3 Å². The van der Waals surface area contributed by atoms with Gasteiger partial charge in [-0.25, -0.2) is 18.4 Å². The molecule has 0 radical (unpaired) electrons. The second kappa shape index (κ2) is 13.4. The first-order valence-electron chi connectivity index (χ1n) is 14.6. The molecule has 14 heteroatoms. The van der Waals surface area contributed by atoms with Crippen LogP contribution in [0.2, 0.25) is 0 Å². The van der Waals surface area contributed by atoms with Crippen molar-refractivity contribution in [1.82, 2.24) is 9.97 Å². The molecule has 2 saturated heterocycles. The van der Waals surface area contributed by atoms with E-state index in [1.165, 1.54) is 30.5 Å². The maximum absolute atomic E-state index is 13.2. The Morgan fingerprint density at radius 2 is 1.89 bits per heavy atom. The molecule has 0 spiro atoms. The first-order valence-corrected chi connectivity index (χ1v) is 16.3. The average molecular weight is 649 g/mol. The highest BCUT2D eigenvalue weighted by Gasteiger charge is 2.37. The van der Waals surface area contributed by atoms with E-state index in [1.54, 1.807) is 19.1 Å². The van der Waals surface area contributed by atoms with Crippen LogP contribution in [0.15, 0.2) is 59.6 Å². The summed E-state index contributed by atoms with van der Waals surface area (Å²) in [6.45, 7) is 2.81. The van der Waals surface area contributed by atoms with Gasteiger partial charge in [-0.15, -0.1) is 0 Å². The van der Waals surface area contributed by atoms with Crippen LogP contribution in [-0.4, -0.2) is 80.3 Å². The molecule has 3 heterocycles. The lowest BCUT2D eigenvalue weighted by Crippen LogP contribution is -2.36. The lowest BCUT2D eigenvalue weighted by atomic mass is 9.93. The minimum absolute atomic E-state index is 0.00236. The van der Waals surface area contributed by atoms with Crippen molar-refractivity contribution >= 4 is 21.7 Å². The van der Waals surface area contributed by atoms with Gasteiger partial charge in [-0.2, -0.15) is 13.2 Å². The fourth-order valence-corrected chi connectivity index (χ4v) is 6.68. The standard InChI is InChI=1S/C31H35F3N4O6S/c1-2-45(41,42)25-9-5-20(6-10-25)27(16-39)28-26(29(35)40)14-36-30(37-28)38-15-21(13-23(38)17-44-24-11-12-43-18-24)19-3-7-22(8-4-19)31(32,33)34/h3-10,14,21,23-24,27,39H,2,11-13,15-18H2,1H3,(H2,35,40)/t21?,23-,24-,27?/m0/s1. The van der Waals surface area contributed by atoms with Crippen molar-refractivity contribution in [2.75, 3.05) is 43.6 Å². The molecule has 0 saturated carbocycles. The summed E-state index contributed by atoms with van der Waals surface area (Å²) >= 11 is 0. The summed E-state index contributed by atoms with van der Waals surface area (Å²) < 4.78 is 75.8. The summed E-state index contributed by atoms with van der Waals surface area (Å²) in [4.78, 5) is 23.6. The van der Waals surface area contributed by atoms with Crippen LogP contribution in [0.5, 0.6) is 0 Å². The number of rotatable bonds is 11. The number of aliphatic hydroxyl groups is 1. The van der Waals surface area contributed by atoms with Crippen LogP contribution in [0, 0.1) is 0 Å². The number of anilines is 1. The molecule has 4 atom stereocenters. The van der Waals surface area contributed by atoms with Crippen molar-refractivity contribution in [3.63, 3.8) is 0 Å². The topological polar surface area (TPSA) is 145 Å². The van der Waals surface area contributed by atoms with E-state index >= 15 is 0 Å². The predicted molar refractivity (Wildman–Crippen MR) is 159 cm³/mol. The molecule has 2 aromatic carbocycles.